The molecule has 120 valence electrons. The molecule has 0 saturated carbocycles. The molecule has 3 heterocycles. The number of nitrogens with zero attached hydrogens (tertiary/aromatic N) is 4. The molecule has 1 aromatic carbocycles. The van der Waals surface area contributed by atoms with Crippen LogP contribution in [-0.2, 0) is 4.79 Å². The summed E-state index contributed by atoms with van der Waals surface area (Å²) in [5, 5.41) is 19.3. The second kappa shape index (κ2) is 6.25. The van der Waals surface area contributed by atoms with Crippen molar-refractivity contribution < 1.29 is 4.79 Å². The number of hydrogen-bond acceptors (Lipinski definition) is 5. The molecule has 0 aliphatic rings. The first kappa shape index (κ1) is 14.6. The summed E-state index contributed by atoms with van der Waals surface area (Å²) < 4.78 is 1.61. The highest BCUT2D eigenvalue weighted by molar-refractivity contribution is 7.08. The highest BCUT2D eigenvalue weighted by Crippen LogP contribution is 2.24. The third-order valence-electron chi connectivity index (χ3n) is 3.83. The van der Waals surface area contributed by atoms with Gasteiger partial charge in [-0.05, 0) is 56.4 Å². The lowest BCUT2D eigenvalue weighted by molar-refractivity contribution is -0.116. The van der Waals surface area contributed by atoms with E-state index in [0.717, 1.165) is 22.2 Å². The lowest BCUT2D eigenvalue weighted by atomic mass is 10.1. The van der Waals surface area contributed by atoms with Crippen molar-refractivity contribution in [2.75, 3.05) is 5.32 Å². The van der Waals surface area contributed by atoms with Gasteiger partial charge in [0.25, 0.3) is 0 Å². The Labute approximate surface area is 141 Å². The second-order valence-corrected chi connectivity index (χ2v) is 6.17. The van der Waals surface area contributed by atoms with Gasteiger partial charge in [-0.25, -0.2) is 4.68 Å². The number of carbonyl (C=O) groups excluding carboxylic acids is 1. The van der Waals surface area contributed by atoms with Gasteiger partial charge in [-0.15, -0.1) is 5.10 Å². The molecule has 0 radical (unpaired) electrons. The number of aromatic nitrogens is 5. The fourth-order valence-electron chi connectivity index (χ4n) is 2.65. The SMILES string of the molecule is O=C(C[C@H](c1ccsc1)n1cnnn1)Nc1ccc2cc[nH]c2c1. The summed E-state index contributed by atoms with van der Waals surface area (Å²) in [6.07, 6.45) is 3.66. The Bertz CT molecular complexity index is 910. The molecule has 24 heavy (non-hydrogen) atoms. The van der Waals surface area contributed by atoms with Crippen LogP contribution in [0.5, 0.6) is 0 Å². The normalized spacial score (nSPS) is 12.3. The summed E-state index contributed by atoms with van der Waals surface area (Å²) in [6, 6.07) is 9.54. The Hall–Kier alpha value is -3.00. The van der Waals surface area contributed by atoms with Gasteiger partial charge in [0.2, 0.25) is 5.91 Å². The van der Waals surface area contributed by atoms with E-state index in [-0.39, 0.29) is 18.4 Å². The van der Waals surface area contributed by atoms with Gasteiger partial charge >= 0.3 is 0 Å². The van der Waals surface area contributed by atoms with Crippen LogP contribution in [0.2, 0.25) is 0 Å². The Kier molecular flexibility index (Phi) is 3.80. The molecule has 0 aliphatic carbocycles. The van der Waals surface area contributed by atoms with Crippen molar-refractivity contribution in [3.8, 4) is 0 Å². The summed E-state index contributed by atoms with van der Waals surface area (Å²) in [7, 11) is 0. The zero-order valence-corrected chi connectivity index (χ0v) is 13.4. The van der Waals surface area contributed by atoms with Gasteiger partial charge in [-0.3, -0.25) is 4.79 Å². The summed E-state index contributed by atoms with van der Waals surface area (Å²) in [5.74, 6) is -0.0902. The lowest BCUT2D eigenvalue weighted by Crippen LogP contribution is -2.20. The number of fused-ring (bicyclic) bond motifs is 1. The van der Waals surface area contributed by atoms with E-state index in [9.17, 15) is 4.79 Å². The van der Waals surface area contributed by atoms with E-state index in [1.807, 2.05) is 47.3 Å². The van der Waals surface area contributed by atoms with Crippen LogP contribution in [0.4, 0.5) is 5.69 Å². The largest absolute Gasteiger partial charge is 0.361 e. The maximum atomic E-state index is 12.5. The summed E-state index contributed by atoms with van der Waals surface area (Å²) in [6.45, 7) is 0. The highest BCUT2D eigenvalue weighted by atomic mass is 32.1. The maximum Gasteiger partial charge on any atom is 0.226 e. The fraction of sp³-hybridized carbons (Fsp3) is 0.125. The van der Waals surface area contributed by atoms with Crippen LogP contribution in [0.1, 0.15) is 18.0 Å². The number of H-pyrrole nitrogens is 1. The number of thiophene rings is 1. The van der Waals surface area contributed by atoms with Crippen molar-refractivity contribution >= 4 is 33.8 Å². The molecule has 0 bridgehead atoms. The molecule has 0 saturated heterocycles. The maximum absolute atomic E-state index is 12.5. The molecule has 3 aromatic heterocycles. The standard InChI is InChI=1S/C16H14N6OS/c23-16(19-13-2-1-11-3-5-17-14(11)7-13)8-15(12-4-6-24-9-12)22-10-18-20-21-22/h1-7,9-10,15,17H,8H2,(H,19,23)/t15-/m1/s1. The van der Waals surface area contributed by atoms with Crippen LogP contribution in [0.25, 0.3) is 10.9 Å². The molecule has 0 fully saturated rings. The van der Waals surface area contributed by atoms with Crippen LogP contribution in [-0.4, -0.2) is 31.1 Å². The molecule has 2 N–H and O–H groups in total. The van der Waals surface area contributed by atoms with E-state index in [1.165, 1.54) is 6.33 Å². The topological polar surface area (TPSA) is 88.5 Å². The minimum absolute atomic E-state index is 0.0902. The van der Waals surface area contributed by atoms with Crippen LogP contribution >= 0.6 is 11.3 Å². The molecule has 0 aliphatic heterocycles. The van der Waals surface area contributed by atoms with Gasteiger partial charge < -0.3 is 10.3 Å². The van der Waals surface area contributed by atoms with E-state index in [0.29, 0.717) is 0 Å². The molecule has 8 heteroatoms. The Morgan fingerprint density at radius 1 is 1.33 bits per heavy atom. The van der Waals surface area contributed by atoms with E-state index < -0.39 is 0 Å². The van der Waals surface area contributed by atoms with Crippen LogP contribution in [0, 0.1) is 0 Å². The first-order valence-corrected chi connectivity index (χ1v) is 8.35. The molecule has 7 nitrogen and oxygen atoms in total. The number of anilines is 1. The van der Waals surface area contributed by atoms with Crippen molar-refractivity contribution in [1.29, 1.82) is 0 Å². The minimum Gasteiger partial charge on any atom is -0.361 e. The number of aromatic amines is 1. The van der Waals surface area contributed by atoms with Crippen LogP contribution < -0.4 is 5.32 Å². The Morgan fingerprint density at radius 3 is 3.08 bits per heavy atom. The van der Waals surface area contributed by atoms with Gasteiger partial charge in [-0.1, -0.05) is 6.07 Å². The molecule has 0 unspecified atom stereocenters. The zero-order chi connectivity index (χ0) is 16.4. The van der Waals surface area contributed by atoms with Crippen molar-refractivity contribution in [3.63, 3.8) is 0 Å². The third kappa shape index (κ3) is 2.91. The smallest absolute Gasteiger partial charge is 0.226 e. The molecule has 1 atom stereocenters. The molecule has 4 rings (SSSR count). The number of hydrogen-bond donors (Lipinski definition) is 2. The van der Waals surface area contributed by atoms with Gasteiger partial charge in [0.1, 0.15) is 6.33 Å². The first-order valence-electron chi connectivity index (χ1n) is 7.41. The molecular formula is C16H14N6OS. The lowest BCUT2D eigenvalue weighted by Gasteiger charge is -2.15. The monoisotopic (exact) mass is 338 g/mol. The number of rotatable bonds is 5. The van der Waals surface area contributed by atoms with Gasteiger partial charge in [0.15, 0.2) is 0 Å². The Balaban J connectivity index is 1.52. The molecule has 0 spiro atoms. The number of carbonyl (C=O) groups is 1. The highest BCUT2D eigenvalue weighted by Gasteiger charge is 2.20. The van der Waals surface area contributed by atoms with E-state index in [2.05, 4.69) is 25.8 Å². The van der Waals surface area contributed by atoms with Crippen molar-refractivity contribution in [1.82, 2.24) is 25.2 Å². The van der Waals surface area contributed by atoms with Crippen molar-refractivity contribution in [3.05, 3.63) is 59.2 Å². The molecular weight excluding hydrogens is 324 g/mol. The summed E-state index contributed by atoms with van der Waals surface area (Å²) in [5.41, 5.74) is 2.76. The molecule has 1 amide bonds. The van der Waals surface area contributed by atoms with Gasteiger partial charge in [-0.2, -0.15) is 11.3 Å². The zero-order valence-electron chi connectivity index (χ0n) is 12.6. The third-order valence-corrected chi connectivity index (χ3v) is 4.53. The Morgan fingerprint density at radius 2 is 2.29 bits per heavy atom. The molecule has 4 aromatic rings. The van der Waals surface area contributed by atoms with E-state index in [1.54, 1.807) is 16.0 Å². The average Bonchev–Trinajstić information content (AvgIpc) is 3.33. The van der Waals surface area contributed by atoms with Crippen molar-refractivity contribution in [2.45, 2.75) is 12.5 Å². The summed E-state index contributed by atoms with van der Waals surface area (Å²) in [4.78, 5) is 15.6. The van der Waals surface area contributed by atoms with E-state index in [4.69, 9.17) is 0 Å². The quantitative estimate of drug-likeness (QED) is 0.586. The predicted octanol–water partition coefficient (Wildman–Crippen LogP) is 2.83. The summed E-state index contributed by atoms with van der Waals surface area (Å²) >= 11 is 1.58. The average molecular weight is 338 g/mol. The minimum atomic E-state index is -0.222. The fourth-order valence-corrected chi connectivity index (χ4v) is 3.36. The van der Waals surface area contributed by atoms with Crippen LogP contribution in [0.15, 0.2) is 53.6 Å². The van der Waals surface area contributed by atoms with Crippen molar-refractivity contribution in [2.24, 2.45) is 0 Å². The predicted molar refractivity (Wildman–Crippen MR) is 91.8 cm³/mol. The number of nitrogens with one attached hydrogen (secondary N) is 2. The second-order valence-electron chi connectivity index (χ2n) is 5.39. The number of tetrazole rings is 1. The van der Waals surface area contributed by atoms with Crippen LogP contribution in [0.3, 0.4) is 0 Å². The van der Waals surface area contributed by atoms with E-state index >= 15 is 0 Å². The van der Waals surface area contributed by atoms with Gasteiger partial charge in [0.05, 0.1) is 12.5 Å². The van der Waals surface area contributed by atoms with Gasteiger partial charge in [0, 0.05) is 17.4 Å². The number of benzene rings is 1. The first-order chi connectivity index (χ1) is 11.8. The number of amides is 1.